The predicted molar refractivity (Wildman–Crippen MR) is 128 cm³/mol. The van der Waals surface area contributed by atoms with Crippen molar-refractivity contribution in [1.29, 1.82) is 0 Å². The summed E-state index contributed by atoms with van der Waals surface area (Å²) in [5.41, 5.74) is 5.79. The number of rotatable bonds is 12. The number of nitrogens with two attached hydrogens (primary N) is 1. The lowest BCUT2D eigenvalue weighted by Crippen LogP contribution is -2.61. The molecule has 1 heterocycles. The number of aromatic hydroxyl groups is 2. The Hall–Kier alpha value is -2.97. The van der Waals surface area contributed by atoms with Crippen molar-refractivity contribution in [1.82, 2.24) is 5.32 Å². The Balaban J connectivity index is 1.91. The summed E-state index contributed by atoms with van der Waals surface area (Å²) in [6.45, 7) is -0.175. The first-order chi connectivity index (χ1) is 17.4. The molecule has 0 saturated carbocycles. The number of amides is 1. The van der Waals surface area contributed by atoms with E-state index in [1.807, 2.05) is 0 Å². The number of ether oxygens (including phenoxy) is 2. The van der Waals surface area contributed by atoms with Crippen LogP contribution < -0.4 is 11.1 Å². The quantitative estimate of drug-likeness (QED) is 0.0518. The van der Waals surface area contributed by atoms with Crippen LogP contribution in [0.5, 0.6) is 11.5 Å². The zero-order valence-corrected chi connectivity index (χ0v) is 20.7. The van der Waals surface area contributed by atoms with E-state index in [4.69, 9.17) is 24.8 Å². The van der Waals surface area contributed by atoms with E-state index in [1.165, 1.54) is 31.2 Å². The molecule has 1 unspecified atom stereocenters. The summed E-state index contributed by atoms with van der Waals surface area (Å²) in [7, 11) is -4.61. The van der Waals surface area contributed by atoms with E-state index in [9.17, 15) is 39.5 Å². The van der Waals surface area contributed by atoms with Crippen molar-refractivity contribution in [3.63, 3.8) is 0 Å². The summed E-state index contributed by atoms with van der Waals surface area (Å²) >= 11 is 0. The predicted octanol–water partition coefficient (Wildman–Crippen LogP) is -0.967. The minimum absolute atomic E-state index is 0.0211. The number of carbonyl (C=O) groups excluding carboxylic acids is 2. The molecule has 2 rings (SSSR count). The third-order valence-corrected chi connectivity index (χ3v) is 6.48. The van der Waals surface area contributed by atoms with Crippen molar-refractivity contribution in [2.75, 3.05) is 19.8 Å². The number of aliphatic hydroxyl groups excluding tert-OH is 3. The van der Waals surface area contributed by atoms with E-state index in [-0.39, 0.29) is 31.1 Å². The monoisotopic (exact) mass is 546 g/mol. The number of benzene rings is 1. The Labute approximate surface area is 212 Å². The maximum atomic E-state index is 12.7. The zero-order chi connectivity index (χ0) is 27.8. The number of phenols is 2. The first kappa shape index (κ1) is 30.3. The molecular formula is C22H31N2O12P. The number of aliphatic hydroxyl groups is 3. The van der Waals surface area contributed by atoms with Gasteiger partial charge in [0.1, 0.15) is 18.3 Å². The minimum Gasteiger partial charge on any atom is -0.504 e. The average molecular weight is 546 g/mol. The van der Waals surface area contributed by atoms with Crippen LogP contribution in [0.2, 0.25) is 0 Å². The summed E-state index contributed by atoms with van der Waals surface area (Å²) in [5, 5.41) is 50.4. The summed E-state index contributed by atoms with van der Waals surface area (Å²) in [6.07, 6.45) is -1.43. The maximum absolute atomic E-state index is 12.7. The van der Waals surface area contributed by atoms with Gasteiger partial charge in [-0.3, -0.25) is 9.36 Å². The molecule has 37 heavy (non-hydrogen) atoms. The van der Waals surface area contributed by atoms with Gasteiger partial charge in [0.15, 0.2) is 11.5 Å². The van der Waals surface area contributed by atoms with E-state index in [0.717, 1.165) is 12.2 Å². The number of carbonyl (C=O) groups is 2. The second-order valence-corrected chi connectivity index (χ2v) is 9.83. The van der Waals surface area contributed by atoms with Crippen molar-refractivity contribution < 1.29 is 58.6 Å². The summed E-state index contributed by atoms with van der Waals surface area (Å²) < 4.78 is 28.0. The van der Waals surface area contributed by atoms with Gasteiger partial charge in [-0.1, -0.05) is 6.07 Å². The number of nitrogens with one attached hydrogen (secondary N) is 1. The summed E-state index contributed by atoms with van der Waals surface area (Å²) in [5.74, 6) is -1.92. The van der Waals surface area contributed by atoms with Gasteiger partial charge in [-0.05, 0) is 29.8 Å². The minimum atomic E-state index is -4.61. The summed E-state index contributed by atoms with van der Waals surface area (Å²) in [4.78, 5) is 33.6. The van der Waals surface area contributed by atoms with Crippen molar-refractivity contribution >= 4 is 25.5 Å². The fourth-order valence-electron chi connectivity index (χ4n) is 3.26. The van der Waals surface area contributed by atoms with Crippen molar-refractivity contribution in [3.8, 4) is 11.5 Å². The van der Waals surface area contributed by atoms with Gasteiger partial charge in [-0.15, -0.1) is 0 Å². The lowest BCUT2D eigenvalue weighted by molar-refractivity contribution is -0.137. The third kappa shape index (κ3) is 8.83. The zero-order valence-electron chi connectivity index (χ0n) is 19.8. The van der Waals surface area contributed by atoms with Gasteiger partial charge in [0.05, 0.1) is 31.9 Å². The number of hydrogen-bond acceptors (Lipinski definition) is 12. The topological polar surface area (TPSA) is 238 Å². The molecule has 14 nitrogen and oxygen atoms in total. The molecule has 0 bridgehead atoms. The van der Waals surface area contributed by atoms with Crippen LogP contribution in [0.25, 0.3) is 6.08 Å². The SMILES string of the molecule is CC(=O)N[C@H]1[C@H]([C@H](O)[C@H](O)CO)OC(P(=O)(O)OCCCOC(=O)/C=C/c2ccc(O)c(O)c2)=C[C@@H]1N. The van der Waals surface area contributed by atoms with Gasteiger partial charge in [-0.2, -0.15) is 0 Å². The molecule has 0 saturated heterocycles. The van der Waals surface area contributed by atoms with Crippen LogP contribution in [-0.4, -0.2) is 92.5 Å². The summed E-state index contributed by atoms with van der Waals surface area (Å²) in [6, 6.07) is 1.76. The standard InChI is InChI=1S/C22H31N2O12P/c1-12(26)24-20-14(23)10-19(36-22(20)21(31)17(29)11-25)37(32,33)35-8-2-7-34-18(30)6-4-13-3-5-15(27)16(28)9-13/h3-6,9-10,14,17,20-22,25,27-29,31H,2,7-8,11,23H2,1H3,(H,24,26)(H,32,33)/b6-4+/t14-,17+,20+,21+,22+/m0/s1. The first-order valence-corrected chi connectivity index (χ1v) is 12.7. The highest BCUT2D eigenvalue weighted by molar-refractivity contribution is 7.57. The Morgan fingerprint density at radius 3 is 2.57 bits per heavy atom. The van der Waals surface area contributed by atoms with Crippen molar-refractivity contribution in [2.45, 2.75) is 43.7 Å². The van der Waals surface area contributed by atoms with Gasteiger partial charge in [0.25, 0.3) is 0 Å². The largest absolute Gasteiger partial charge is 0.504 e. The molecule has 1 aromatic rings. The second-order valence-electron chi connectivity index (χ2n) is 8.09. The van der Waals surface area contributed by atoms with E-state index in [1.54, 1.807) is 0 Å². The molecule has 1 aliphatic heterocycles. The fourth-order valence-corrected chi connectivity index (χ4v) is 4.38. The molecule has 6 atom stereocenters. The first-order valence-electron chi connectivity index (χ1n) is 11.1. The van der Waals surface area contributed by atoms with Gasteiger partial charge < -0.3 is 55.5 Å². The van der Waals surface area contributed by atoms with E-state index in [0.29, 0.717) is 5.56 Å². The maximum Gasteiger partial charge on any atom is 0.392 e. The third-order valence-electron chi connectivity index (χ3n) is 5.14. The van der Waals surface area contributed by atoms with Gasteiger partial charge in [-0.25, -0.2) is 4.79 Å². The average Bonchev–Trinajstić information content (AvgIpc) is 2.84. The van der Waals surface area contributed by atoms with Crippen molar-refractivity contribution in [2.24, 2.45) is 5.73 Å². The molecule has 15 heteroatoms. The van der Waals surface area contributed by atoms with Crippen molar-refractivity contribution in [3.05, 3.63) is 41.4 Å². The molecule has 206 valence electrons. The van der Waals surface area contributed by atoms with Crippen LogP contribution in [0.15, 0.2) is 35.9 Å². The van der Waals surface area contributed by atoms with Crippen LogP contribution in [0.1, 0.15) is 18.9 Å². The molecule has 1 aromatic carbocycles. The Kier molecular flexibility index (Phi) is 11.1. The van der Waals surface area contributed by atoms with E-state index < -0.39 is 62.0 Å². The fraction of sp³-hybridized carbons (Fsp3) is 0.455. The molecule has 9 N–H and O–H groups in total. The Bertz CT molecular complexity index is 1060. The number of esters is 1. The van der Waals surface area contributed by atoms with Crippen LogP contribution >= 0.6 is 7.60 Å². The Morgan fingerprint density at radius 2 is 1.95 bits per heavy atom. The lowest BCUT2D eigenvalue weighted by Gasteiger charge is -2.39. The molecule has 0 spiro atoms. The van der Waals surface area contributed by atoms with Crippen LogP contribution in [0.4, 0.5) is 0 Å². The van der Waals surface area contributed by atoms with Gasteiger partial charge >= 0.3 is 13.6 Å². The van der Waals surface area contributed by atoms with Crippen LogP contribution in [-0.2, 0) is 28.2 Å². The van der Waals surface area contributed by atoms with Gasteiger partial charge in [0, 0.05) is 19.4 Å². The second kappa shape index (κ2) is 13.5. The molecule has 0 aromatic heterocycles. The van der Waals surface area contributed by atoms with E-state index >= 15 is 0 Å². The Morgan fingerprint density at radius 1 is 1.24 bits per heavy atom. The molecular weight excluding hydrogens is 515 g/mol. The van der Waals surface area contributed by atoms with Crippen LogP contribution in [0.3, 0.4) is 0 Å². The molecule has 0 radical (unpaired) electrons. The lowest BCUT2D eigenvalue weighted by atomic mass is 9.94. The number of phenolic OH excluding ortho intramolecular Hbond substituents is 2. The molecule has 0 aliphatic carbocycles. The molecule has 1 aliphatic rings. The van der Waals surface area contributed by atoms with E-state index in [2.05, 4.69) is 5.32 Å². The number of hydrogen-bond donors (Lipinski definition) is 8. The molecule has 0 fully saturated rings. The van der Waals surface area contributed by atoms with Gasteiger partial charge in [0.2, 0.25) is 11.4 Å². The highest BCUT2D eigenvalue weighted by Gasteiger charge is 2.45. The highest BCUT2D eigenvalue weighted by atomic mass is 31.2. The normalized spacial score (nSPS) is 22.9. The smallest absolute Gasteiger partial charge is 0.392 e. The molecule has 1 amide bonds. The highest BCUT2D eigenvalue weighted by Crippen LogP contribution is 2.53. The van der Waals surface area contributed by atoms with Crippen LogP contribution in [0, 0.1) is 0 Å².